The van der Waals surface area contributed by atoms with E-state index < -0.39 is 41.9 Å². The molecule has 3 fully saturated rings. The number of carbonyl (C=O) groups excluding carboxylic acids is 4. The Hall–Kier alpha value is -3.45. The van der Waals surface area contributed by atoms with Crippen molar-refractivity contribution in [2.24, 2.45) is 35.5 Å². The second kappa shape index (κ2) is 8.05. The summed E-state index contributed by atoms with van der Waals surface area (Å²) in [7, 11) is 1.53. The van der Waals surface area contributed by atoms with Crippen LogP contribution in [0.1, 0.15) is 27.1 Å². The lowest BCUT2D eigenvalue weighted by atomic mass is 9.63. The van der Waals surface area contributed by atoms with Crippen LogP contribution in [-0.2, 0) is 9.59 Å². The average Bonchev–Trinajstić information content (AvgIpc) is 3.66. The highest BCUT2D eigenvalue weighted by Crippen LogP contribution is 2.65. The molecule has 2 aromatic rings. The number of allylic oxidation sites excluding steroid dienone is 2. The molecule has 1 saturated heterocycles. The van der Waals surface area contributed by atoms with E-state index in [9.17, 15) is 19.2 Å². The van der Waals surface area contributed by atoms with E-state index in [4.69, 9.17) is 16.3 Å². The van der Waals surface area contributed by atoms with E-state index in [1.165, 1.54) is 19.2 Å². The SMILES string of the molecule is COc1ccc(C(=O)CN(C(=O)c2ccc(Cl)cc2)N2C(=O)[C@@H]3[C@H]4C=C[C@@H]([C@@H]5C[C@@H]45)[C@@H]3C2=O)cc1. The van der Waals surface area contributed by atoms with Gasteiger partial charge in [-0.05, 0) is 78.6 Å². The molecule has 5 aliphatic rings. The zero-order valence-corrected chi connectivity index (χ0v) is 19.7. The highest BCUT2D eigenvalue weighted by atomic mass is 35.5. The summed E-state index contributed by atoms with van der Waals surface area (Å²) in [5.41, 5.74) is 0.579. The third-order valence-corrected chi connectivity index (χ3v) is 8.16. The molecule has 35 heavy (non-hydrogen) atoms. The fourth-order valence-corrected chi connectivity index (χ4v) is 6.28. The summed E-state index contributed by atoms with van der Waals surface area (Å²) < 4.78 is 5.15. The summed E-state index contributed by atoms with van der Waals surface area (Å²) in [6, 6.07) is 12.6. The summed E-state index contributed by atoms with van der Waals surface area (Å²) in [5, 5.41) is 2.42. The highest BCUT2D eigenvalue weighted by Gasteiger charge is 2.68. The molecule has 0 unspecified atom stereocenters. The van der Waals surface area contributed by atoms with Crippen molar-refractivity contribution in [2.45, 2.75) is 6.42 Å². The van der Waals surface area contributed by atoms with Gasteiger partial charge in [0.15, 0.2) is 5.78 Å². The van der Waals surface area contributed by atoms with Gasteiger partial charge in [0.2, 0.25) is 0 Å². The molecular formula is C27H23ClN2O5. The standard InChI is InChI=1S/C27H23ClN2O5/c1-35-17-8-4-14(5-9-17)22(31)13-29(25(32)15-2-6-16(28)7-3-15)30-26(33)23-18-10-11-19(21-12-20(18)21)24(23)27(30)34/h2-11,18-21,23-24H,12-13H2,1H3/t18-,19-,20-,21-,23-,24+/m0/s1. The number of Topliss-reactive ketones (excluding diaryl/α,β-unsaturated/α-hetero) is 1. The Morgan fingerprint density at radius 2 is 1.46 bits per heavy atom. The molecule has 0 radical (unpaired) electrons. The number of amides is 3. The molecule has 4 aliphatic carbocycles. The number of benzene rings is 2. The Bertz CT molecular complexity index is 1240. The maximum absolute atomic E-state index is 13.7. The molecule has 2 bridgehead atoms. The van der Waals surface area contributed by atoms with Crippen molar-refractivity contribution in [3.05, 3.63) is 76.8 Å². The first kappa shape index (κ1) is 22.0. The van der Waals surface area contributed by atoms with Crippen LogP contribution in [0.3, 0.4) is 0 Å². The Morgan fingerprint density at radius 1 is 0.914 bits per heavy atom. The number of imide groups is 1. The number of carbonyl (C=O) groups is 4. The zero-order valence-electron chi connectivity index (χ0n) is 19.0. The molecular weight excluding hydrogens is 468 g/mol. The maximum Gasteiger partial charge on any atom is 0.273 e. The van der Waals surface area contributed by atoms with Crippen molar-refractivity contribution in [2.75, 3.05) is 13.7 Å². The van der Waals surface area contributed by atoms with Crippen molar-refractivity contribution in [1.29, 1.82) is 0 Å². The van der Waals surface area contributed by atoms with Crippen LogP contribution in [0.15, 0.2) is 60.7 Å². The average molecular weight is 491 g/mol. The molecule has 1 heterocycles. The Labute approximate surface area is 207 Å². The van der Waals surface area contributed by atoms with E-state index in [0.717, 1.165) is 16.4 Å². The van der Waals surface area contributed by atoms with Crippen molar-refractivity contribution >= 4 is 35.1 Å². The van der Waals surface area contributed by atoms with Gasteiger partial charge in [-0.2, -0.15) is 5.01 Å². The number of hydrogen-bond acceptors (Lipinski definition) is 5. The Balaban J connectivity index is 1.35. The van der Waals surface area contributed by atoms with Crippen molar-refractivity contribution < 1.29 is 23.9 Å². The normalized spacial score (nSPS) is 29.6. The van der Waals surface area contributed by atoms with Crippen LogP contribution >= 0.6 is 11.6 Å². The minimum absolute atomic E-state index is 0.0150. The van der Waals surface area contributed by atoms with Gasteiger partial charge >= 0.3 is 0 Å². The number of halogens is 1. The number of hydrazine groups is 1. The molecule has 7 nitrogen and oxygen atoms in total. The van der Waals surface area contributed by atoms with Crippen molar-refractivity contribution in [3.8, 4) is 5.75 Å². The lowest BCUT2D eigenvalue weighted by Crippen LogP contribution is -2.52. The van der Waals surface area contributed by atoms with Crippen LogP contribution in [0.2, 0.25) is 5.02 Å². The quantitative estimate of drug-likeness (QED) is 0.350. The zero-order chi connectivity index (χ0) is 24.4. The second-order valence-electron chi connectivity index (χ2n) is 9.66. The number of hydrogen-bond donors (Lipinski definition) is 0. The summed E-state index contributed by atoms with van der Waals surface area (Å²) in [5.74, 6) is -1.24. The lowest BCUT2D eigenvalue weighted by Gasteiger charge is -2.37. The van der Waals surface area contributed by atoms with Gasteiger partial charge in [0.1, 0.15) is 12.3 Å². The predicted octanol–water partition coefficient (Wildman–Crippen LogP) is 3.64. The van der Waals surface area contributed by atoms with Gasteiger partial charge in [-0.1, -0.05) is 23.8 Å². The minimum atomic E-state index is -0.602. The first-order valence-electron chi connectivity index (χ1n) is 11.7. The van der Waals surface area contributed by atoms with Crippen LogP contribution in [0, 0.1) is 35.5 Å². The van der Waals surface area contributed by atoms with E-state index in [2.05, 4.69) is 12.2 Å². The smallest absolute Gasteiger partial charge is 0.273 e. The monoisotopic (exact) mass is 490 g/mol. The summed E-state index contributed by atoms with van der Waals surface area (Å²) in [6.45, 7) is -0.444. The third kappa shape index (κ3) is 3.40. The fraction of sp³-hybridized carbons (Fsp3) is 0.333. The van der Waals surface area contributed by atoms with Gasteiger partial charge in [-0.15, -0.1) is 0 Å². The fourth-order valence-electron chi connectivity index (χ4n) is 6.16. The largest absolute Gasteiger partial charge is 0.497 e. The molecule has 1 aliphatic heterocycles. The van der Waals surface area contributed by atoms with Gasteiger partial charge in [0.05, 0.1) is 18.9 Å². The first-order chi connectivity index (χ1) is 16.9. The van der Waals surface area contributed by atoms with Crippen molar-refractivity contribution in [3.63, 3.8) is 0 Å². The van der Waals surface area contributed by atoms with Crippen LogP contribution < -0.4 is 4.74 Å². The van der Waals surface area contributed by atoms with E-state index >= 15 is 0 Å². The summed E-state index contributed by atoms with van der Waals surface area (Å²) >= 11 is 5.98. The molecule has 3 amide bonds. The van der Waals surface area contributed by atoms with Crippen LogP contribution in [0.25, 0.3) is 0 Å². The van der Waals surface area contributed by atoms with Gasteiger partial charge < -0.3 is 4.74 Å². The molecule has 6 atom stereocenters. The second-order valence-corrected chi connectivity index (χ2v) is 10.1. The number of ether oxygens (including phenoxy) is 1. The number of rotatable bonds is 6. The van der Waals surface area contributed by atoms with Gasteiger partial charge in [0.25, 0.3) is 17.7 Å². The predicted molar refractivity (Wildman–Crippen MR) is 126 cm³/mol. The molecule has 178 valence electrons. The summed E-state index contributed by atoms with van der Waals surface area (Å²) in [4.78, 5) is 54.2. The van der Waals surface area contributed by atoms with Gasteiger partial charge in [0, 0.05) is 16.1 Å². The molecule has 0 spiro atoms. The Morgan fingerprint density at radius 3 is 2.00 bits per heavy atom. The lowest BCUT2D eigenvalue weighted by molar-refractivity contribution is -0.154. The third-order valence-electron chi connectivity index (χ3n) is 7.91. The van der Waals surface area contributed by atoms with E-state index in [1.807, 2.05) is 0 Å². The van der Waals surface area contributed by atoms with E-state index in [-0.39, 0.29) is 17.4 Å². The topological polar surface area (TPSA) is 84.0 Å². The van der Waals surface area contributed by atoms with Crippen LogP contribution in [0.4, 0.5) is 0 Å². The molecule has 0 N–H and O–H groups in total. The first-order valence-corrected chi connectivity index (χ1v) is 12.1. The Kier molecular flexibility index (Phi) is 5.07. The molecule has 0 aromatic heterocycles. The maximum atomic E-state index is 13.7. The van der Waals surface area contributed by atoms with Gasteiger partial charge in [-0.25, -0.2) is 5.01 Å². The molecule has 2 saturated carbocycles. The van der Waals surface area contributed by atoms with Gasteiger partial charge in [-0.3, -0.25) is 19.2 Å². The number of methoxy groups -OCH3 is 1. The molecule has 2 aromatic carbocycles. The van der Waals surface area contributed by atoms with Crippen LogP contribution in [0.5, 0.6) is 5.75 Å². The van der Waals surface area contributed by atoms with Crippen molar-refractivity contribution in [1.82, 2.24) is 10.0 Å². The minimum Gasteiger partial charge on any atom is -0.497 e. The van der Waals surface area contributed by atoms with Crippen LogP contribution in [-0.4, -0.2) is 47.2 Å². The molecule has 8 heteroatoms. The van der Waals surface area contributed by atoms with E-state index in [1.54, 1.807) is 36.4 Å². The molecule has 7 rings (SSSR count). The highest BCUT2D eigenvalue weighted by molar-refractivity contribution is 6.30. The number of ketones is 1. The summed E-state index contributed by atoms with van der Waals surface area (Å²) in [6.07, 6.45) is 5.18. The number of nitrogens with zero attached hydrogens (tertiary/aromatic N) is 2. The van der Waals surface area contributed by atoms with E-state index in [0.29, 0.717) is 28.2 Å².